The molecule has 0 fully saturated rings. The first kappa shape index (κ1) is 18.3. The third-order valence-corrected chi connectivity index (χ3v) is 5.41. The number of fused-ring (bicyclic) bond motifs is 3. The molecule has 0 radical (unpaired) electrons. The molecule has 0 unspecified atom stereocenters. The molecule has 27 heavy (non-hydrogen) atoms. The Morgan fingerprint density at radius 2 is 2.00 bits per heavy atom. The van der Waals surface area contributed by atoms with Crippen LogP contribution >= 0.6 is 35.0 Å². The Labute approximate surface area is 171 Å². The molecule has 2 heterocycles. The number of aliphatic imine (C=N–C) groups is 1. The Morgan fingerprint density at radius 1 is 1.15 bits per heavy atom. The maximum atomic E-state index is 6.35. The number of hydrogen-bond donors (Lipinski definition) is 0. The Kier molecular flexibility index (Phi) is 5.12. The van der Waals surface area contributed by atoms with Crippen LogP contribution in [0.1, 0.15) is 22.8 Å². The predicted octanol–water partition coefficient (Wildman–Crippen LogP) is 4.80. The first-order valence-corrected chi connectivity index (χ1v) is 10.4. The van der Waals surface area contributed by atoms with E-state index in [2.05, 4.69) is 14.8 Å². The highest BCUT2D eigenvalue weighted by Crippen LogP contribution is 2.31. The van der Waals surface area contributed by atoms with Crippen LogP contribution in [0.4, 0.5) is 0 Å². The number of thioether (sulfide) groups is 1. The predicted molar refractivity (Wildman–Crippen MR) is 111 cm³/mol. The fraction of sp³-hybridized carbons (Fsp3) is 0.211. The number of hydrogen-bond acceptors (Lipinski definition) is 5. The minimum absolute atomic E-state index is 0.423. The van der Waals surface area contributed by atoms with Crippen LogP contribution in [-0.4, -0.2) is 33.8 Å². The van der Waals surface area contributed by atoms with Gasteiger partial charge in [0.2, 0.25) is 0 Å². The molecule has 0 amide bonds. The highest BCUT2D eigenvalue weighted by Gasteiger charge is 2.23. The van der Waals surface area contributed by atoms with E-state index in [4.69, 9.17) is 32.9 Å². The number of nitrogens with zero attached hydrogens (tertiary/aromatic N) is 4. The standard InChI is InChI=1S/C19H16Cl2N4OS/c1-26-16-6-3-11(7-14(16)21)19-13-8-12(20)4-5-15(13)25-17(9-22-19)23-24-18(25)10-27-2/h3-8H,9-10H2,1-2H3. The molecule has 1 aromatic heterocycles. The molecule has 0 spiro atoms. The van der Waals surface area contributed by atoms with Crippen molar-refractivity contribution in [2.45, 2.75) is 12.3 Å². The fourth-order valence-electron chi connectivity index (χ4n) is 3.15. The summed E-state index contributed by atoms with van der Waals surface area (Å²) in [5, 5.41) is 9.86. The van der Waals surface area contributed by atoms with Crippen molar-refractivity contribution in [1.82, 2.24) is 14.8 Å². The summed E-state index contributed by atoms with van der Waals surface area (Å²) in [4.78, 5) is 4.82. The van der Waals surface area contributed by atoms with Gasteiger partial charge in [-0.25, -0.2) is 0 Å². The van der Waals surface area contributed by atoms with E-state index >= 15 is 0 Å². The number of methoxy groups -OCH3 is 1. The van der Waals surface area contributed by atoms with Crippen LogP contribution < -0.4 is 4.74 Å². The summed E-state index contributed by atoms with van der Waals surface area (Å²) in [6.45, 7) is 0.423. The van der Waals surface area contributed by atoms with Gasteiger partial charge in [-0.15, -0.1) is 10.2 Å². The van der Waals surface area contributed by atoms with Gasteiger partial charge in [-0.2, -0.15) is 11.8 Å². The normalized spacial score (nSPS) is 12.8. The number of ether oxygens (including phenoxy) is 1. The van der Waals surface area contributed by atoms with Gasteiger partial charge >= 0.3 is 0 Å². The van der Waals surface area contributed by atoms with Crippen LogP contribution in [0.25, 0.3) is 5.69 Å². The van der Waals surface area contributed by atoms with E-state index in [1.807, 2.05) is 42.7 Å². The SMILES string of the molecule is COc1ccc(C2=NCc3nnc(CSC)n3-c3ccc(Cl)cc32)cc1Cl. The van der Waals surface area contributed by atoms with Gasteiger partial charge < -0.3 is 4.74 Å². The largest absolute Gasteiger partial charge is 0.495 e. The molecular weight excluding hydrogens is 403 g/mol. The Balaban J connectivity index is 1.91. The summed E-state index contributed by atoms with van der Waals surface area (Å²) in [6.07, 6.45) is 2.04. The van der Waals surface area contributed by atoms with Crippen LogP contribution in [0.5, 0.6) is 5.75 Å². The van der Waals surface area contributed by atoms with E-state index in [-0.39, 0.29) is 0 Å². The van der Waals surface area contributed by atoms with E-state index in [1.54, 1.807) is 18.9 Å². The molecular formula is C19H16Cl2N4OS. The van der Waals surface area contributed by atoms with Crippen molar-refractivity contribution >= 4 is 40.7 Å². The van der Waals surface area contributed by atoms with E-state index in [0.717, 1.165) is 39.9 Å². The molecule has 0 aliphatic carbocycles. The van der Waals surface area contributed by atoms with Gasteiger partial charge in [0.1, 0.15) is 18.1 Å². The fourth-order valence-corrected chi connectivity index (χ4v) is 4.02. The van der Waals surface area contributed by atoms with Crippen LogP contribution in [0.2, 0.25) is 10.0 Å². The molecule has 3 aromatic rings. The molecule has 0 N–H and O–H groups in total. The van der Waals surface area contributed by atoms with Crippen molar-refractivity contribution in [2.24, 2.45) is 4.99 Å². The van der Waals surface area contributed by atoms with Crippen molar-refractivity contribution in [3.63, 3.8) is 0 Å². The average molecular weight is 419 g/mol. The summed E-state index contributed by atoms with van der Waals surface area (Å²) in [5.74, 6) is 3.08. The summed E-state index contributed by atoms with van der Waals surface area (Å²) in [6, 6.07) is 11.4. The minimum Gasteiger partial charge on any atom is -0.495 e. The van der Waals surface area contributed by atoms with Crippen molar-refractivity contribution in [2.75, 3.05) is 13.4 Å². The zero-order chi connectivity index (χ0) is 19.0. The molecule has 8 heteroatoms. The first-order valence-electron chi connectivity index (χ1n) is 8.23. The van der Waals surface area contributed by atoms with E-state index in [1.165, 1.54) is 0 Å². The quantitative estimate of drug-likeness (QED) is 0.610. The number of halogens is 2. The number of benzene rings is 2. The van der Waals surface area contributed by atoms with Crippen molar-refractivity contribution in [3.8, 4) is 11.4 Å². The topological polar surface area (TPSA) is 52.3 Å². The zero-order valence-corrected chi connectivity index (χ0v) is 17.1. The van der Waals surface area contributed by atoms with Crippen LogP contribution in [0.15, 0.2) is 41.4 Å². The Morgan fingerprint density at radius 3 is 2.74 bits per heavy atom. The maximum absolute atomic E-state index is 6.35. The van der Waals surface area contributed by atoms with Gasteiger partial charge in [0.05, 0.1) is 29.3 Å². The highest BCUT2D eigenvalue weighted by molar-refractivity contribution is 7.97. The molecule has 1 aliphatic heterocycles. The zero-order valence-electron chi connectivity index (χ0n) is 14.7. The number of rotatable bonds is 4. The first-order chi connectivity index (χ1) is 13.1. The van der Waals surface area contributed by atoms with Crippen molar-refractivity contribution < 1.29 is 4.74 Å². The molecule has 2 aromatic carbocycles. The monoisotopic (exact) mass is 418 g/mol. The second-order valence-corrected chi connectivity index (χ2v) is 7.69. The molecule has 0 bridgehead atoms. The smallest absolute Gasteiger partial charge is 0.159 e. The summed E-state index contributed by atoms with van der Waals surface area (Å²) >= 11 is 14.4. The summed E-state index contributed by atoms with van der Waals surface area (Å²) < 4.78 is 7.34. The lowest BCUT2D eigenvalue weighted by atomic mass is 10.00. The van der Waals surface area contributed by atoms with Crippen LogP contribution in [0.3, 0.4) is 0 Å². The Hall–Kier alpha value is -2.02. The van der Waals surface area contributed by atoms with Crippen molar-refractivity contribution in [3.05, 3.63) is 69.2 Å². The third-order valence-electron chi connectivity index (χ3n) is 4.33. The average Bonchev–Trinajstić information content (AvgIpc) is 2.97. The highest BCUT2D eigenvalue weighted by atomic mass is 35.5. The maximum Gasteiger partial charge on any atom is 0.159 e. The molecule has 138 valence electrons. The lowest BCUT2D eigenvalue weighted by Gasteiger charge is -2.14. The second-order valence-electron chi connectivity index (χ2n) is 5.98. The van der Waals surface area contributed by atoms with Gasteiger partial charge in [0.15, 0.2) is 5.82 Å². The summed E-state index contributed by atoms with van der Waals surface area (Å²) in [7, 11) is 1.60. The van der Waals surface area contributed by atoms with Gasteiger partial charge in [0.25, 0.3) is 0 Å². The van der Waals surface area contributed by atoms with Crippen LogP contribution in [0, 0.1) is 0 Å². The molecule has 0 saturated carbocycles. The van der Waals surface area contributed by atoms with Gasteiger partial charge in [-0.3, -0.25) is 9.56 Å². The van der Waals surface area contributed by atoms with Gasteiger partial charge in [-0.05, 0) is 42.7 Å². The van der Waals surface area contributed by atoms with Crippen molar-refractivity contribution in [1.29, 1.82) is 0 Å². The van der Waals surface area contributed by atoms with Gasteiger partial charge in [0, 0.05) is 16.1 Å². The summed E-state index contributed by atoms with van der Waals surface area (Å²) in [5.41, 5.74) is 3.60. The molecule has 0 saturated heterocycles. The lowest BCUT2D eigenvalue weighted by Crippen LogP contribution is -2.09. The Bertz CT molecular complexity index is 1050. The van der Waals surface area contributed by atoms with Crippen LogP contribution in [-0.2, 0) is 12.3 Å². The third kappa shape index (κ3) is 3.33. The molecule has 5 nitrogen and oxygen atoms in total. The minimum atomic E-state index is 0.423. The molecule has 4 rings (SSSR count). The lowest BCUT2D eigenvalue weighted by molar-refractivity contribution is 0.415. The molecule has 1 aliphatic rings. The number of aromatic nitrogens is 3. The molecule has 0 atom stereocenters. The van der Waals surface area contributed by atoms with Gasteiger partial charge in [-0.1, -0.05) is 23.2 Å². The van der Waals surface area contributed by atoms with E-state index in [0.29, 0.717) is 22.3 Å². The second kappa shape index (κ2) is 7.54. The van der Waals surface area contributed by atoms with E-state index < -0.39 is 0 Å². The van der Waals surface area contributed by atoms with E-state index in [9.17, 15) is 0 Å².